The minimum absolute atomic E-state index is 0.192. The number of aryl methyl sites for hydroxylation is 1. The number of carbonyl (C=O) groups excluding carboxylic acids is 2. The largest absolute Gasteiger partial charge is 0.296 e. The summed E-state index contributed by atoms with van der Waals surface area (Å²) < 4.78 is 2.61. The number of amides is 2. The van der Waals surface area contributed by atoms with Crippen LogP contribution in [0.2, 0.25) is 0 Å². The molecule has 1 aliphatic rings. The van der Waals surface area contributed by atoms with Gasteiger partial charge >= 0.3 is 0 Å². The Morgan fingerprint density at radius 1 is 1.42 bits per heavy atom. The summed E-state index contributed by atoms with van der Waals surface area (Å²) in [6.45, 7) is 0. The van der Waals surface area contributed by atoms with Gasteiger partial charge in [0.05, 0.1) is 5.92 Å². The van der Waals surface area contributed by atoms with Crippen LogP contribution < -0.4 is 5.32 Å². The molecule has 2 heterocycles. The summed E-state index contributed by atoms with van der Waals surface area (Å²) >= 11 is 3.48. The summed E-state index contributed by atoms with van der Waals surface area (Å²) in [7, 11) is 1.86. The van der Waals surface area contributed by atoms with Gasteiger partial charge in [-0.05, 0) is 40.0 Å². The van der Waals surface area contributed by atoms with Crippen molar-refractivity contribution in [3.05, 3.63) is 28.4 Å². The molecule has 5 nitrogen and oxygen atoms in total. The first-order valence-corrected chi connectivity index (χ1v) is 6.80. The first-order valence-electron chi connectivity index (χ1n) is 6.01. The standard InChI is InChI=1S/C13H12BrN3O2/c1-17-6-8-4-7(5-10(14)12(8)16-17)9-2-3-11(18)15-13(9)19/h4-6,9H,2-3H2,1H3,(H,15,18,19). The van der Waals surface area contributed by atoms with E-state index in [2.05, 4.69) is 26.3 Å². The highest BCUT2D eigenvalue weighted by Crippen LogP contribution is 2.31. The Bertz CT molecular complexity index is 692. The lowest BCUT2D eigenvalue weighted by Gasteiger charge is -2.21. The van der Waals surface area contributed by atoms with Gasteiger partial charge in [-0.3, -0.25) is 19.6 Å². The number of piperidine rings is 1. The number of rotatable bonds is 1. The number of carbonyl (C=O) groups is 2. The van der Waals surface area contributed by atoms with Gasteiger partial charge in [-0.1, -0.05) is 0 Å². The number of benzene rings is 1. The van der Waals surface area contributed by atoms with Gasteiger partial charge in [-0.25, -0.2) is 0 Å². The highest BCUT2D eigenvalue weighted by atomic mass is 79.9. The Morgan fingerprint density at radius 3 is 2.95 bits per heavy atom. The van der Waals surface area contributed by atoms with Gasteiger partial charge in [0.15, 0.2) is 0 Å². The minimum atomic E-state index is -0.265. The van der Waals surface area contributed by atoms with Crippen molar-refractivity contribution in [2.24, 2.45) is 7.05 Å². The van der Waals surface area contributed by atoms with Crippen molar-refractivity contribution in [1.82, 2.24) is 15.1 Å². The molecule has 1 aromatic heterocycles. The van der Waals surface area contributed by atoms with E-state index in [0.717, 1.165) is 20.9 Å². The molecule has 0 radical (unpaired) electrons. The molecule has 1 aliphatic heterocycles. The molecule has 1 aromatic carbocycles. The fourth-order valence-electron chi connectivity index (χ4n) is 2.45. The van der Waals surface area contributed by atoms with Gasteiger partial charge in [0.2, 0.25) is 11.8 Å². The summed E-state index contributed by atoms with van der Waals surface area (Å²) in [6.07, 6.45) is 2.86. The number of hydrogen-bond acceptors (Lipinski definition) is 3. The molecule has 6 heteroatoms. The maximum Gasteiger partial charge on any atom is 0.234 e. The molecule has 0 spiro atoms. The van der Waals surface area contributed by atoms with Crippen LogP contribution in [0.4, 0.5) is 0 Å². The zero-order chi connectivity index (χ0) is 13.6. The molecule has 0 bridgehead atoms. The summed E-state index contributed by atoms with van der Waals surface area (Å²) in [5, 5.41) is 7.71. The molecule has 1 unspecified atom stereocenters. The third-order valence-corrected chi connectivity index (χ3v) is 3.94. The normalized spacial score (nSPS) is 19.8. The number of imide groups is 1. The Hall–Kier alpha value is -1.69. The SMILES string of the molecule is Cn1cc2cc(C3CCC(=O)NC3=O)cc(Br)c2n1. The number of hydrogen-bond donors (Lipinski definition) is 1. The fourth-order valence-corrected chi connectivity index (χ4v) is 3.02. The smallest absolute Gasteiger partial charge is 0.234 e. The molecule has 19 heavy (non-hydrogen) atoms. The first-order chi connectivity index (χ1) is 9.04. The third-order valence-electron chi connectivity index (χ3n) is 3.34. The Balaban J connectivity index is 2.05. The molecule has 2 amide bonds. The molecule has 1 atom stereocenters. The minimum Gasteiger partial charge on any atom is -0.296 e. The number of fused-ring (bicyclic) bond motifs is 1. The summed E-state index contributed by atoms with van der Waals surface area (Å²) in [6, 6.07) is 3.88. The van der Waals surface area contributed by atoms with Crippen molar-refractivity contribution in [3.63, 3.8) is 0 Å². The zero-order valence-corrected chi connectivity index (χ0v) is 11.9. The van der Waals surface area contributed by atoms with E-state index in [4.69, 9.17) is 0 Å². The van der Waals surface area contributed by atoms with Crippen molar-refractivity contribution in [1.29, 1.82) is 0 Å². The maximum atomic E-state index is 11.9. The molecule has 0 aliphatic carbocycles. The second kappa shape index (κ2) is 4.45. The van der Waals surface area contributed by atoms with E-state index in [1.165, 1.54) is 0 Å². The van der Waals surface area contributed by atoms with Crippen LogP contribution in [0.3, 0.4) is 0 Å². The molecule has 3 rings (SSSR count). The van der Waals surface area contributed by atoms with Gasteiger partial charge < -0.3 is 0 Å². The van der Waals surface area contributed by atoms with Crippen LogP contribution in [0, 0.1) is 0 Å². The van der Waals surface area contributed by atoms with Gasteiger partial charge in [-0.2, -0.15) is 5.10 Å². The molecular weight excluding hydrogens is 310 g/mol. The van der Waals surface area contributed by atoms with Crippen LogP contribution in [0.1, 0.15) is 24.3 Å². The predicted molar refractivity (Wildman–Crippen MR) is 73.5 cm³/mol. The predicted octanol–water partition coefficient (Wildman–Crippen LogP) is 1.86. The molecule has 1 N–H and O–H groups in total. The van der Waals surface area contributed by atoms with Crippen LogP contribution in [0.15, 0.2) is 22.8 Å². The van der Waals surface area contributed by atoms with Crippen LogP contribution in [0.25, 0.3) is 10.9 Å². The monoisotopic (exact) mass is 321 g/mol. The van der Waals surface area contributed by atoms with E-state index in [-0.39, 0.29) is 17.7 Å². The lowest BCUT2D eigenvalue weighted by atomic mass is 9.90. The number of aromatic nitrogens is 2. The molecule has 0 saturated carbocycles. The maximum absolute atomic E-state index is 11.9. The van der Waals surface area contributed by atoms with Gasteiger partial charge in [0.25, 0.3) is 0 Å². The van der Waals surface area contributed by atoms with Crippen molar-refractivity contribution in [3.8, 4) is 0 Å². The van der Waals surface area contributed by atoms with Gasteiger partial charge in [-0.15, -0.1) is 0 Å². The van der Waals surface area contributed by atoms with Crippen molar-refractivity contribution < 1.29 is 9.59 Å². The number of nitrogens with one attached hydrogen (secondary N) is 1. The van der Waals surface area contributed by atoms with Crippen LogP contribution in [-0.4, -0.2) is 21.6 Å². The lowest BCUT2D eigenvalue weighted by molar-refractivity contribution is -0.134. The topological polar surface area (TPSA) is 64.0 Å². The third kappa shape index (κ3) is 2.16. The van der Waals surface area contributed by atoms with Crippen molar-refractivity contribution in [2.75, 3.05) is 0 Å². The Kier molecular flexibility index (Phi) is 2.89. The summed E-state index contributed by atoms with van der Waals surface area (Å²) in [5.74, 6) is -0.673. The highest BCUT2D eigenvalue weighted by molar-refractivity contribution is 9.10. The zero-order valence-electron chi connectivity index (χ0n) is 10.3. The number of halogens is 1. The van der Waals surface area contributed by atoms with Gasteiger partial charge in [0.1, 0.15) is 5.52 Å². The average Bonchev–Trinajstić information content (AvgIpc) is 2.70. The number of nitrogens with zero attached hydrogens (tertiary/aromatic N) is 2. The van der Waals surface area contributed by atoms with Gasteiger partial charge in [0, 0.05) is 29.5 Å². The molecule has 1 fully saturated rings. The quantitative estimate of drug-likeness (QED) is 0.815. The summed E-state index contributed by atoms with van der Waals surface area (Å²) in [4.78, 5) is 23.1. The first kappa shape index (κ1) is 12.3. The second-order valence-corrected chi connectivity index (χ2v) is 5.60. The van der Waals surface area contributed by atoms with E-state index in [1.807, 2.05) is 25.4 Å². The van der Waals surface area contributed by atoms with E-state index in [1.54, 1.807) is 4.68 Å². The van der Waals surface area contributed by atoms with Crippen LogP contribution >= 0.6 is 15.9 Å². The molecular formula is C13H12BrN3O2. The van der Waals surface area contributed by atoms with E-state index < -0.39 is 0 Å². The highest BCUT2D eigenvalue weighted by Gasteiger charge is 2.28. The Morgan fingerprint density at radius 2 is 2.21 bits per heavy atom. The van der Waals surface area contributed by atoms with Crippen molar-refractivity contribution in [2.45, 2.75) is 18.8 Å². The average molecular weight is 322 g/mol. The molecule has 2 aromatic rings. The Labute approximate surface area is 118 Å². The lowest BCUT2D eigenvalue weighted by Crippen LogP contribution is -2.39. The van der Waals surface area contributed by atoms with E-state index >= 15 is 0 Å². The van der Waals surface area contributed by atoms with Crippen LogP contribution in [-0.2, 0) is 16.6 Å². The second-order valence-electron chi connectivity index (χ2n) is 4.75. The van der Waals surface area contributed by atoms with E-state index in [0.29, 0.717) is 12.8 Å². The van der Waals surface area contributed by atoms with E-state index in [9.17, 15) is 9.59 Å². The fraction of sp³-hybridized carbons (Fsp3) is 0.308. The molecule has 98 valence electrons. The summed E-state index contributed by atoms with van der Waals surface area (Å²) in [5.41, 5.74) is 1.79. The van der Waals surface area contributed by atoms with Crippen LogP contribution in [0.5, 0.6) is 0 Å². The van der Waals surface area contributed by atoms with Crippen molar-refractivity contribution >= 4 is 38.6 Å². The molecule has 1 saturated heterocycles.